The van der Waals surface area contributed by atoms with Crippen LogP contribution in [0.3, 0.4) is 0 Å². The van der Waals surface area contributed by atoms with Crippen LogP contribution in [-0.2, 0) is 12.7 Å². The van der Waals surface area contributed by atoms with E-state index in [1.165, 1.54) is 18.2 Å². The number of hydrogen-bond acceptors (Lipinski definition) is 4. The molecule has 2 aromatic carbocycles. The molecule has 1 aliphatic rings. The molecule has 8 heteroatoms. The molecule has 5 nitrogen and oxygen atoms in total. The summed E-state index contributed by atoms with van der Waals surface area (Å²) in [6.45, 7) is 3.36. The topological polar surface area (TPSA) is 50.2 Å². The van der Waals surface area contributed by atoms with Crippen LogP contribution in [0.2, 0.25) is 0 Å². The number of hydrogen-bond donors (Lipinski definition) is 1. The Bertz CT molecular complexity index is 1060. The average Bonchev–Trinajstić information content (AvgIpc) is 2.68. The van der Waals surface area contributed by atoms with E-state index < -0.39 is 17.3 Å². The van der Waals surface area contributed by atoms with Crippen LogP contribution < -0.4 is 10.9 Å². The molecule has 0 saturated carbocycles. The molecule has 146 valence electrons. The highest BCUT2D eigenvalue weighted by molar-refractivity contribution is 5.78. The van der Waals surface area contributed by atoms with Crippen LogP contribution in [0, 0.1) is 0 Å². The van der Waals surface area contributed by atoms with Gasteiger partial charge in [0.25, 0.3) is 5.56 Å². The number of aromatic nitrogens is 2. The van der Waals surface area contributed by atoms with Gasteiger partial charge in [0, 0.05) is 26.2 Å². The molecule has 1 saturated heterocycles. The third-order valence-electron chi connectivity index (χ3n) is 4.87. The monoisotopic (exact) mass is 388 g/mol. The summed E-state index contributed by atoms with van der Waals surface area (Å²) in [4.78, 5) is 19.8. The first-order chi connectivity index (χ1) is 13.4. The largest absolute Gasteiger partial charge is 0.418 e. The van der Waals surface area contributed by atoms with Gasteiger partial charge in [-0.1, -0.05) is 24.3 Å². The van der Waals surface area contributed by atoms with E-state index in [0.717, 1.165) is 36.8 Å². The van der Waals surface area contributed by atoms with Crippen LogP contribution in [0.1, 0.15) is 11.4 Å². The van der Waals surface area contributed by atoms with Crippen molar-refractivity contribution in [1.29, 1.82) is 0 Å². The molecule has 1 aromatic heterocycles. The van der Waals surface area contributed by atoms with E-state index >= 15 is 0 Å². The van der Waals surface area contributed by atoms with Crippen molar-refractivity contribution in [2.24, 2.45) is 0 Å². The Morgan fingerprint density at radius 3 is 2.43 bits per heavy atom. The van der Waals surface area contributed by atoms with Gasteiger partial charge in [-0.15, -0.1) is 0 Å². The smallest absolute Gasteiger partial charge is 0.314 e. The second-order valence-electron chi connectivity index (χ2n) is 6.73. The first-order valence-corrected chi connectivity index (χ1v) is 9.05. The van der Waals surface area contributed by atoms with E-state index in [1.807, 2.05) is 0 Å². The number of alkyl halides is 3. The third-order valence-corrected chi connectivity index (χ3v) is 4.87. The lowest BCUT2D eigenvalue weighted by Gasteiger charge is -2.28. The van der Waals surface area contributed by atoms with Gasteiger partial charge >= 0.3 is 6.18 Å². The maximum atomic E-state index is 13.6. The van der Waals surface area contributed by atoms with Crippen LogP contribution in [0.15, 0.2) is 53.3 Å². The quantitative estimate of drug-likeness (QED) is 0.750. The molecule has 4 rings (SSSR count). The predicted octanol–water partition coefficient (Wildman–Crippen LogP) is 2.81. The molecule has 0 atom stereocenters. The van der Waals surface area contributed by atoms with Gasteiger partial charge < -0.3 is 5.32 Å². The minimum absolute atomic E-state index is 0.191. The van der Waals surface area contributed by atoms with Crippen molar-refractivity contribution < 1.29 is 13.2 Å². The summed E-state index contributed by atoms with van der Waals surface area (Å²) in [7, 11) is 0. The zero-order chi connectivity index (χ0) is 19.7. The van der Waals surface area contributed by atoms with Gasteiger partial charge in [0.1, 0.15) is 5.82 Å². The minimum atomic E-state index is -4.58. The van der Waals surface area contributed by atoms with E-state index in [4.69, 9.17) is 0 Å². The summed E-state index contributed by atoms with van der Waals surface area (Å²) in [5.74, 6) is 0.308. The number of nitrogens with one attached hydrogen (secondary N) is 1. The van der Waals surface area contributed by atoms with Crippen molar-refractivity contribution in [3.8, 4) is 5.69 Å². The lowest BCUT2D eigenvalue weighted by molar-refractivity contribution is -0.137. The zero-order valence-corrected chi connectivity index (χ0v) is 15.0. The Morgan fingerprint density at radius 1 is 1.00 bits per heavy atom. The number of para-hydroxylation sites is 2. The number of piperazine rings is 1. The molecule has 0 aliphatic carbocycles. The van der Waals surface area contributed by atoms with Crippen LogP contribution >= 0.6 is 0 Å². The maximum Gasteiger partial charge on any atom is 0.418 e. The van der Waals surface area contributed by atoms with Gasteiger partial charge in [-0.3, -0.25) is 14.3 Å². The highest BCUT2D eigenvalue weighted by Crippen LogP contribution is 2.33. The highest BCUT2D eigenvalue weighted by Gasteiger charge is 2.34. The predicted molar refractivity (Wildman–Crippen MR) is 100 cm³/mol. The molecular formula is C20H19F3N4O. The fourth-order valence-electron chi connectivity index (χ4n) is 3.51. The molecule has 0 amide bonds. The molecule has 0 unspecified atom stereocenters. The summed E-state index contributed by atoms with van der Waals surface area (Å²) < 4.78 is 42.0. The Morgan fingerprint density at radius 2 is 1.68 bits per heavy atom. The van der Waals surface area contributed by atoms with Gasteiger partial charge in [0.2, 0.25) is 0 Å². The number of nitrogens with zero attached hydrogens (tertiary/aromatic N) is 3. The van der Waals surface area contributed by atoms with Gasteiger partial charge in [-0.05, 0) is 24.3 Å². The van der Waals surface area contributed by atoms with E-state index in [1.54, 1.807) is 24.3 Å². The lowest BCUT2D eigenvalue weighted by atomic mass is 10.1. The van der Waals surface area contributed by atoms with Crippen LogP contribution in [0.25, 0.3) is 16.6 Å². The van der Waals surface area contributed by atoms with Crippen molar-refractivity contribution in [3.63, 3.8) is 0 Å². The zero-order valence-electron chi connectivity index (χ0n) is 15.0. The Kier molecular flexibility index (Phi) is 4.91. The molecule has 2 heterocycles. The van der Waals surface area contributed by atoms with Crippen molar-refractivity contribution in [1.82, 2.24) is 19.8 Å². The SMILES string of the molecule is O=c1c2ccccc2nc(CN2CCNCC2)n1-c1ccccc1C(F)(F)F. The highest BCUT2D eigenvalue weighted by atomic mass is 19.4. The van der Waals surface area contributed by atoms with E-state index in [0.29, 0.717) is 23.3 Å². The standard InChI is InChI=1S/C20H19F3N4O/c21-20(22,23)15-6-2-4-8-17(15)27-18(13-26-11-9-24-10-12-26)25-16-7-3-1-5-14(16)19(27)28/h1-8,24H,9-13H2. The van der Waals surface area contributed by atoms with Crippen molar-refractivity contribution in [2.75, 3.05) is 26.2 Å². The Labute approximate surface area is 159 Å². The summed E-state index contributed by atoms with van der Waals surface area (Å²) in [5.41, 5.74) is -1.05. The number of halogens is 3. The summed E-state index contributed by atoms with van der Waals surface area (Å²) in [6, 6.07) is 11.9. The summed E-state index contributed by atoms with van der Waals surface area (Å²) >= 11 is 0. The second-order valence-corrected chi connectivity index (χ2v) is 6.73. The molecule has 3 aromatic rings. The van der Waals surface area contributed by atoms with Gasteiger partial charge in [-0.2, -0.15) is 13.2 Å². The molecule has 0 bridgehead atoms. The molecule has 0 spiro atoms. The Balaban J connectivity index is 1.95. The molecule has 1 fully saturated rings. The van der Waals surface area contributed by atoms with Crippen molar-refractivity contribution >= 4 is 10.9 Å². The van der Waals surface area contributed by atoms with E-state index in [2.05, 4.69) is 15.2 Å². The molecule has 0 radical (unpaired) electrons. The minimum Gasteiger partial charge on any atom is -0.314 e. The van der Waals surface area contributed by atoms with Crippen molar-refractivity contribution in [3.05, 3.63) is 70.3 Å². The first kappa shape index (κ1) is 18.6. The van der Waals surface area contributed by atoms with Gasteiger partial charge in [-0.25, -0.2) is 4.98 Å². The van der Waals surface area contributed by atoms with Gasteiger partial charge in [0.15, 0.2) is 0 Å². The molecule has 28 heavy (non-hydrogen) atoms. The fourth-order valence-corrected chi connectivity index (χ4v) is 3.51. The van der Waals surface area contributed by atoms with Gasteiger partial charge in [0.05, 0.1) is 28.7 Å². The second kappa shape index (κ2) is 7.37. The van der Waals surface area contributed by atoms with E-state index in [-0.39, 0.29) is 5.69 Å². The molecule has 1 aliphatic heterocycles. The number of rotatable bonds is 3. The maximum absolute atomic E-state index is 13.6. The van der Waals surface area contributed by atoms with Crippen molar-refractivity contribution in [2.45, 2.75) is 12.7 Å². The first-order valence-electron chi connectivity index (χ1n) is 9.05. The number of benzene rings is 2. The molecule has 1 N–H and O–H groups in total. The Hall–Kier alpha value is -2.71. The number of fused-ring (bicyclic) bond motifs is 1. The van der Waals surface area contributed by atoms with Crippen LogP contribution in [-0.4, -0.2) is 40.6 Å². The lowest BCUT2D eigenvalue weighted by Crippen LogP contribution is -2.44. The van der Waals surface area contributed by atoms with E-state index in [9.17, 15) is 18.0 Å². The van der Waals surface area contributed by atoms with Crippen LogP contribution in [0.5, 0.6) is 0 Å². The molecular weight excluding hydrogens is 369 g/mol. The summed E-state index contributed by atoms with van der Waals surface area (Å²) in [5, 5.41) is 3.53. The average molecular weight is 388 g/mol. The summed E-state index contributed by atoms with van der Waals surface area (Å²) in [6.07, 6.45) is -4.58. The fraction of sp³-hybridized carbons (Fsp3) is 0.300. The van der Waals surface area contributed by atoms with Crippen LogP contribution in [0.4, 0.5) is 13.2 Å². The third kappa shape index (κ3) is 3.53. The normalized spacial score (nSPS) is 15.8.